The molecule has 1 fully saturated rings. The number of carbonyl (C=O) groups excluding carboxylic acids is 1. The van der Waals surface area contributed by atoms with Crippen molar-refractivity contribution in [2.75, 3.05) is 19.7 Å². The van der Waals surface area contributed by atoms with E-state index in [1.165, 1.54) is 0 Å². The van der Waals surface area contributed by atoms with E-state index in [1.807, 2.05) is 0 Å². The Morgan fingerprint density at radius 1 is 1.56 bits per heavy atom. The number of hydrogen-bond donors (Lipinski definition) is 2. The Morgan fingerprint density at radius 2 is 2.25 bits per heavy atom. The van der Waals surface area contributed by atoms with Gasteiger partial charge < -0.3 is 10.0 Å². The lowest BCUT2D eigenvalue weighted by atomic mass is 9.95. The van der Waals surface area contributed by atoms with Crippen LogP contribution in [0.1, 0.15) is 20.3 Å². The molecular weight excluding hydrogens is 212 g/mol. The largest absolute Gasteiger partial charge is 0.479 e. The monoisotopic (exact) mass is 230 g/mol. The zero-order chi connectivity index (χ0) is 12.1. The SMILES string of the molecule is CC(C)C1CCN(C(=O)NOCC(=O)O)C1. The van der Waals surface area contributed by atoms with E-state index < -0.39 is 12.6 Å². The van der Waals surface area contributed by atoms with E-state index in [-0.39, 0.29) is 6.03 Å². The van der Waals surface area contributed by atoms with Crippen molar-refractivity contribution in [3.63, 3.8) is 0 Å². The summed E-state index contributed by atoms with van der Waals surface area (Å²) >= 11 is 0. The highest BCUT2D eigenvalue weighted by molar-refractivity contribution is 5.74. The lowest BCUT2D eigenvalue weighted by Crippen LogP contribution is -2.39. The fraction of sp³-hybridized carbons (Fsp3) is 0.800. The number of aliphatic carboxylic acids is 1. The van der Waals surface area contributed by atoms with Crippen molar-refractivity contribution < 1.29 is 19.5 Å². The maximum Gasteiger partial charge on any atom is 0.341 e. The van der Waals surface area contributed by atoms with E-state index in [0.29, 0.717) is 24.9 Å². The number of carboxylic acids is 1. The van der Waals surface area contributed by atoms with E-state index in [0.717, 1.165) is 6.42 Å². The second-order valence-electron chi connectivity index (χ2n) is 4.33. The minimum atomic E-state index is -1.11. The lowest BCUT2D eigenvalue weighted by molar-refractivity contribution is -0.144. The Morgan fingerprint density at radius 3 is 2.75 bits per heavy atom. The second-order valence-corrected chi connectivity index (χ2v) is 4.33. The van der Waals surface area contributed by atoms with Gasteiger partial charge in [0.25, 0.3) is 0 Å². The van der Waals surface area contributed by atoms with Crippen LogP contribution in [0.5, 0.6) is 0 Å². The molecule has 2 amide bonds. The molecule has 1 atom stereocenters. The van der Waals surface area contributed by atoms with Crippen LogP contribution in [0.2, 0.25) is 0 Å². The number of nitrogens with one attached hydrogen (secondary N) is 1. The Labute approximate surface area is 94.5 Å². The fourth-order valence-electron chi connectivity index (χ4n) is 1.74. The van der Waals surface area contributed by atoms with Gasteiger partial charge in [-0.15, -0.1) is 0 Å². The summed E-state index contributed by atoms with van der Waals surface area (Å²) in [5.74, 6) is -0.0373. The Bertz CT molecular complexity index is 268. The normalized spacial score (nSPS) is 20.2. The van der Waals surface area contributed by atoms with Crippen molar-refractivity contribution in [3.05, 3.63) is 0 Å². The molecule has 0 aromatic rings. The second kappa shape index (κ2) is 5.69. The van der Waals surface area contributed by atoms with Gasteiger partial charge in [0.05, 0.1) is 0 Å². The van der Waals surface area contributed by atoms with E-state index in [1.54, 1.807) is 4.90 Å². The summed E-state index contributed by atoms with van der Waals surface area (Å²) in [6, 6.07) is -0.357. The third kappa shape index (κ3) is 3.69. The summed E-state index contributed by atoms with van der Waals surface area (Å²) < 4.78 is 0. The van der Waals surface area contributed by atoms with Crippen LogP contribution in [0.3, 0.4) is 0 Å². The number of rotatable bonds is 4. The predicted octanol–water partition coefficient (Wildman–Crippen LogP) is 0.690. The summed E-state index contributed by atoms with van der Waals surface area (Å²) in [5.41, 5.74) is 2.12. The number of urea groups is 1. The minimum Gasteiger partial charge on any atom is -0.479 e. The topological polar surface area (TPSA) is 78.9 Å². The van der Waals surface area contributed by atoms with Gasteiger partial charge >= 0.3 is 12.0 Å². The molecule has 6 heteroatoms. The van der Waals surface area contributed by atoms with Crippen LogP contribution >= 0.6 is 0 Å². The number of nitrogens with zero attached hydrogens (tertiary/aromatic N) is 1. The van der Waals surface area contributed by atoms with Crippen LogP contribution in [0, 0.1) is 11.8 Å². The van der Waals surface area contributed by atoms with Gasteiger partial charge in [0.2, 0.25) is 0 Å². The highest BCUT2D eigenvalue weighted by Crippen LogP contribution is 2.23. The molecule has 1 rings (SSSR count). The van der Waals surface area contributed by atoms with Crippen LogP contribution in [-0.2, 0) is 9.63 Å². The fourth-order valence-corrected chi connectivity index (χ4v) is 1.74. The first kappa shape index (κ1) is 12.8. The summed E-state index contributed by atoms with van der Waals surface area (Å²) in [5, 5.41) is 8.32. The van der Waals surface area contributed by atoms with Gasteiger partial charge in [0, 0.05) is 13.1 Å². The van der Waals surface area contributed by atoms with Crippen LogP contribution in [0.25, 0.3) is 0 Å². The van der Waals surface area contributed by atoms with Crippen molar-refractivity contribution >= 4 is 12.0 Å². The molecule has 16 heavy (non-hydrogen) atoms. The molecule has 0 aliphatic carbocycles. The van der Waals surface area contributed by atoms with Crippen molar-refractivity contribution in [3.8, 4) is 0 Å². The first-order valence-electron chi connectivity index (χ1n) is 5.39. The summed E-state index contributed by atoms with van der Waals surface area (Å²) in [7, 11) is 0. The Hall–Kier alpha value is -1.30. The van der Waals surface area contributed by atoms with Crippen molar-refractivity contribution in [1.82, 2.24) is 10.4 Å². The highest BCUT2D eigenvalue weighted by atomic mass is 16.7. The van der Waals surface area contributed by atoms with Gasteiger partial charge in [-0.05, 0) is 18.3 Å². The lowest BCUT2D eigenvalue weighted by Gasteiger charge is -2.18. The highest BCUT2D eigenvalue weighted by Gasteiger charge is 2.28. The molecule has 1 saturated heterocycles. The van der Waals surface area contributed by atoms with Gasteiger partial charge in [-0.2, -0.15) is 0 Å². The number of hydroxylamine groups is 1. The number of carboxylic acid groups (broad SMARTS) is 1. The van der Waals surface area contributed by atoms with E-state index >= 15 is 0 Å². The zero-order valence-electron chi connectivity index (χ0n) is 9.60. The van der Waals surface area contributed by atoms with Crippen LogP contribution in [0.4, 0.5) is 4.79 Å². The average Bonchev–Trinajstić information content (AvgIpc) is 2.65. The van der Waals surface area contributed by atoms with E-state index in [4.69, 9.17) is 5.11 Å². The Balaban J connectivity index is 2.25. The average molecular weight is 230 g/mol. The molecule has 1 aliphatic rings. The Kier molecular flexibility index (Phi) is 4.54. The first-order valence-corrected chi connectivity index (χ1v) is 5.39. The van der Waals surface area contributed by atoms with Crippen molar-refractivity contribution in [1.29, 1.82) is 0 Å². The summed E-state index contributed by atoms with van der Waals surface area (Å²) in [6.07, 6.45) is 0.990. The van der Waals surface area contributed by atoms with Gasteiger partial charge in [-0.3, -0.25) is 4.84 Å². The molecule has 0 spiro atoms. The van der Waals surface area contributed by atoms with Crippen LogP contribution < -0.4 is 5.48 Å². The molecule has 1 aliphatic heterocycles. The molecule has 1 unspecified atom stereocenters. The zero-order valence-corrected chi connectivity index (χ0v) is 9.60. The maximum absolute atomic E-state index is 11.5. The van der Waals surface area contributed by atoms with Crippen LogP contribution in [0.15, 0.2) is 0 Å². The van der Waals surface area contributed by atoms with E-state index in [9.17, 15) is 9.59 Å². The standard InChI is InChI=1S/C10H18N2O4/c1-7(2)8-3-4-12(5-8)10(15)11-16-6-9(13)14/h7-8H,3-6H2,1-2H3,(H,11,15)(H,13,14). The number of hydrogen-bond acceptors (Lipinski definition) is 3. The number of likely N-dealkylation sites (tertiary alicyclic amines) is 1. The van der Waals surface area contributed by atoms with Gasteiger partial charge in [-0.1, -0.05) is 13.8 Å². The third-order valence-corrected chi connectivity index (χ3v) is 2.81. The van der Waals surface area contributed by atoms with Crippen molar-refractivity contribution in [2.24, 2.45) is 11.8 Å². The first-order chi connectivity index (χ1) is 7.50. The smallest absolute Gasteiger partial charge is 0.341 e. The number of amides is 2. The van der Waals surface area contributed by atoms with Gasteiger partial charge in [0.1, 0.15) is 0 Å². The molecule has 6 nitrogen and oxygen atoms in total. The van der Waals surface area contributed by atoms with E-state index in [2.05, 4.69) is 24.2 Å². The molecule has 0 bridgehead atoms. The molecule has 0 aromatic carbocycles. The number of carbonyl (C=O) groups is 2. The minimum absolute atomic E-state index is 0.357. The molecule has 0 saturated carbocycles. The third-order valence-electron chi connectivity index (χ3n) is 2.81. The molecule has 2 N–H and O–H groups in total. The quantitative estimate of drug-likeness (QED) is 0.696. The summed E-state index contributed by atoms with van der Waals surface area (Å²) in [4.78, 5) is 27.8. The maximum atomic E-state index is 11.5. The van der Waals surface area contributed by atoms with Gasteiger partial charge in [0.15, 0.2) is 6.61 Å². The molecule has 0 radical (unpaired) electrons. The molecule has 92 valence electrons. The molecule has 0 aromatic heterocycles. The predicted molar refractivity (Wildman–Crippen MR) is 56.6 cm³/mol. The molecule has 1 heterocycles. The summed E-state index contributed by atoms with van der Waals surface area (Å²) in [6.45, 7) is 5.15. The van der Waals surface area contributed by atoms with Crippen molar-refractivity contribution in [2.45, 2.75) is 20.3 Å². The molecular formula is C10H18N2O4. The van der Waals surface area contributed by atoms with Gasteiger partial charge in [-0.25, -0.2) is 15.1 Å². The van der Waals surface area contributed by atoms with Crippen LogP contribution in [-0.4, -0.2) is 41.7 Å².